The normalized spacial score (nSPS) is 10.4. The number of carboxylic acid groups (broad SMARTS) is 1. The van der Waals surface area contributed by atoms with E-state index in [1.165, 1.54) is 6.07 Å². The second kappa shape index (κ2) is 7.89. The lowest BCUT2D eigenvalue weighted by molar-refractivity contribution is 0.0698. The second-order valence-electron chi connectivity index (χ2n) is 4.88. The molecule has 2 amide bonds. The Morgan fingerprint density at radius 3 is 2.65 bits per heavy atom. The van der Waals surface area contributed by atoms with Crippen LogP contribution in [0.2, 0.25) is 0 Å². The summed E-state index contributed by atoms with van der Waals surface area (Å²) in [6, 6.07) is 4.34. The number of nitrogens with one attached hydrogen (secondary N) is 2. The van der Waals surface area contributed by atoms with Gasteiger partial charge in [0.2, 0.25) is 0 Å². The Morgan fingerprint density at radius 2 is 2.05 bits per heavy atom. The monoisotopic (exact) mass is 342 g/mol. The van der Waals surface area contributed by atoms with E-state index >= 15 is 0 Å². The maximum absolute atomic E-state index is 11.7. The van der Waals surface area contributed by atoms with Crippen molar-refractivity contribution in [3.05, 3.63) is 28.2 Å². The summed E-state index contributed by atoms with van der Waals surface area (Å²) in [5.74, 6) is -0.483. The first-order chi connectivity index (χ1) is 9.41. The van der Waals surface area contributed by atoms with Gasteiger partial charge in [-0.2, -0.15) is 0 Å². The van der Waals surface area contributed by atoms with E-state index in [4.69, 9.17) is 5.11 Å². The zero-order valence-corrected chi connectivity index (χ0v) is 13.2. The standard InChI is InChI=1S/C14H19BrN2O3/c1-9(2)5-4-8-16-14(20)17-12-10(13(18)19)6-3-7-11(12)15/h3,6-7,9H,4-5,8H2,1-2H3,(H,18,19)(H2,16,17,20). The summed E-state index contributed by atoms with van der Waals surface area (Å²) in [4.78, 5) is 22.8. The highest BCUT2D eigenvalue weighted by Crippen LogP contribution is 2.26. The van der Waals surface area contributed by atoms with Gasteiger partial charge in [0, 0.05) is 11.0 Å². The summed E-state index contributed by atoms with van der Waals surface area (Å²) >= 11 is 3.24. The Morgan fingerprint density at radius 1 is 1.35 bits per heavy atom. The molecule has 6 heteroatoms. The van der Waals surface area contributed by atoms with Gasteiger partial charge in [0.15, 0.2) is 0 Å². The largest absolute Gasteiger partial charge is 0.478 e. The van der Waals surface area contributed by atoms with Crippen LogP contribution in [0.4, 0.5) is 10.5 Å². The van der Waals surface area contributed by atoms with E-state index in [0.29, 0.717) is 16.9 Å². The quantitative estimate of drug-likeness (QED) is 0.689. The Hall–Kier alpha value is -1.56. The molecule has 0 radical (unpaired) electrons. The number of amides is 2. The number of hydrogen-bond donors (Lipinski definition) is 3. The zero-order valence-electron chi connectivity index (χ0n) is 11.6. The lowest BCUT2D eigenvalue weighted by Crippen LogP contribution is -2.30. The number of para-hydroxylation sites is 1. The maximum Gasteiger partial charge on any atom is 0.337 e. The van der Waals surface area contributed by atoms with Gasteiger partial charge in [-0.05, 0) is 46.8 Å². The smallest absolute Gasteiger partial charge is 0.337 e. The molecule has 1 aromatic carbocycles. The molecule has 0 bridgehead atoms. The van der Waals surface area contributed by atoms with Gasteiger partial charge >= 0.3 is 12.0 Å². The Bertz CT molecular complexity index is 489. The summed E-state index contributed by atoms with van der Waals surface area (Å²) in [5, 5.41) is 14.4. The molecular formula is C14H19BrN2O3. The fraction of sp³-hybridized carbons (Fsp3) is 0.429. The van der Waals surface area contributed by atoms with E-state index in [-0.39, 0.29) is 11.3 Å². The van der Waals surface area contributed by atoms with Gasteiger partial charge in [0.05, 0.1) is 11.3 Å². The number of anilines is 1. The topological polar surface area (TPSA) is 78.4 Å². The lowest BCUT2D eigenvalue weighted by Gasteiger charge is -2.12. The Labute approximate surface area is 126 Å². The van der Waals surface area contributed by atoms with Crippen LogP contribution >= 0.6 is 15.9 Å². The maximum atomic E-state index is 11.7. The minimum absolute atomic E-state index is 0.0525. The molecule has 0 heterocycles. The molecule has 0 aliphatic carbocycles. The van der Waals surface area contributed by atoms with Gasteiger partial charge in [-0.3, -0.25) is 0 Å². The summed E-state index contributed by atoms with van der Waals surface area (Å²) in [5.41, 5.74) is 0.318. The first-order valence-electron chi connectivity index (χ1n) is 6.48. The van der Waals surface area contributed by atoms with Crippen molar-refractivity contribution in [2.24, 2.45) is 5.92 Å². The van der Waals surface area contributed by atoms with E-state index in [1.54, 1.807) is 12.1 Å². The third-order valence-electron chi connectivity index (χ3n) is 2.73. The van der Waals surface area contributed by atoms with Crippen molar-refractivity contribution in [3.8, 4) is 0 Å². The van der Waals surface area contributed by atoms with Gasteiger partial charge in [-0.25, -0.2) is 9.59 Å². The van der Waals surface area contributed by atoms with Gasteiger partial charge in [-0.15, -0.1) is 0 Å². The van der Waals surface area contributed by atoms with Crippen LogP contribution in [0.25, 0.3) is 0 Å². The first-order valence-corrected chi connectivity index (χ1v) is 7.27. The molecule has 0 saturated heterocycles. The van der Waals surface area contributed by atoms with Gasteiger partial charge in [0.1, 0.15) is 0 Å². The molecule has 20 heavy (non-hydrogen) atoms. The van der Waals surface area contributed by atoms with Gasteiger partial charge < -0.3 is 15.7 Å². The highest BCUT2D eigenvalue weighted by molar-refractivity contribution is 9.10. The minimum atomic E-state index is -1.08. The predicted octanol–water partition coefficient (Wildman–Crippen LogP) is 3.71. The number of hydrogen-bond acceptors (Lipinski definition) is 2. The Balaban J connectivity index is 2.60. The van der Waals surface area contributed by atoms with Gasteiger partial charge in [-0.1, -0.05) is 19.9 Å². The number of benzene rings is 1. The predicted molar refractivity (Wildman–Crippen MR) is 82.2 cm³/mol. The van der Waals surface area contributed by atoms with Crippen LogP contribution in [0.5, 0.6) is 0 Å². The number of aromatic carboxylic acids is 1. The minimum Gasteiger partial charge on any atom is -0.478 e. The molecule has 0 saturated carbocycles. The summed E-state index contributed by atoms with van der Waals surface area (Å²) in [7, 11) is 0. The molecule has 0 aromatic heterocycles. The van der Waals surface area contributed by atoms with Crippen molar-refractivity contribution in [1.82, 2.24) is 5.32 Å². The fourth-order valence-corrected chi connectivity index (χ4v) is 2.16. The molecule has 1 rings (SSSR count). The first kappa shape index (κ1) is 16.5. The van der Waals surface area contributed by atoms with Crippen molar-refractivity contribution < 1.29 is 14.7 Å². The molecule has 5 nitrogen and oxygen atoms in total. The molecule has 0 spiro atoms. The van der Waals surface area contributed by atoms with Crippen LogP contribution in [-0.4, -0.2) is 23.7 Å². The van der Waals surface area contributed by atoms with Crippen LogP contribution in [0.15, 0.2) is 22.7 Å². The van der Waals surface area contributed by atoms with E-state index in [0.717, 1.165) is 12.8 Å². The number of carbonyl (C=O) groups is 2. The second-order valence-corrected chi connectivity index (χ2v) is 5.74. The van der Waals surface area contributed by atoms with Crippen molar-refractivity contribution in [2.75, 3.05) is 11.9 Å². The third kappa shape index (κ3) is 5.21. The van der Waals surface area contributed by atoms with E-state index < -0.39 is 12.0 Å². The summed E-state index contributed by atoms with van der Waals surface area (Å²) < 4.78 is 0.537. The number of halogens is 1. The number of carbonyl (C=O) groups excluding carboxylic acids is 1. The fourth-order valence-electron chi connectivity index (χ4n) is 1.70. The van der Waals surface area contributed by atoms with E-state index in [2.05, 4.69) is 40.4 Å². The molecule has 3 N–H and O–H groups in total. The third-order valence-corrected chi connectivity index (χ3v) is 3.39. The van der Waals surface area contributed by atoms with Crippen LogP contribution < -0.4 is 10.6 Å². The van der Waals surface area contributed by atoms with Crippen molar-refractivity contribution in [2.45, 2.75) is 26.7 Å². The molecule has 0 atom stereocenters. The molecule has 110 valence electrons. The molecule has 0 unspecified atom stereocenters. The number of rotatable bonds is 6. The van der Waals surface area contributed by atoms with Crippen LogP contribution in [-0.2, 0) is 0 Å². The molecule has 0 fully saturated rings. The molecule has 0 aliphatic heterocycles. The summed E-state index contributed by atoms with van der Waals surface area (Å²) in [6.07, 6.45) is 1.93. The summed E-state index contributed by atoms with van der Waals surface area (Å²) in [6.45, 7) is 4.82. The number of carboxylic acids is 1. The molecule has 1 aromatic rings. The Kier molecular flexibility index (Phi) is 6.51. The lowest BCUT2D eigenvalue weighted by atomic mass is 10.1. The molecule has 0 aliphatic rings. The highest BCUT2D eigenvalue weighted by atomic mass is 79.9. The average molecular weight is 343 g/mol. The van der Waals surface area contributed by atoms with Crippen molar-refractivity contribution >= 4 is 33.6 Å². The average Bonchev–Trinajstić information content (AvgIpc) is 2.36. The van der Waals surface area contributed by atoms with Gasteiger partial charge in [0.25, 0.3) is 0 Å². The molecular weight excluding hydrogens is 324 g/mol. The van der Waals surface area contributed by atoms with E-state index in [9.17, 15) is 9.59 Å². The zero-order chi connectivity index (χ0) is 15.1. The van der Waals surface area contributed by atoms with Crippen LogP contribution in [0.3, 0.4) is 0 Å². The highest BCUT2D eigenvalue weighted by Gasteiger charge is 2.14. The van der Waals surface area contributed by atoms with Crippen LogP contribution in [0.1, 0.15) is 37.0 Å². The van der Waals surface area contributed by atoms with E-state index in [1.807, 2.05) is 0 Å². The number of urea groups is 1. The van der Waals surface area contributed by atoms with Crippen molar-refractivity contribution in [3.63, 3.8) is 0 Å². The SMILES string of the molecule is CC(C)CCCNC(=O)Nc1c(Br)cccc1C(=O)O. The van der Waals surface area contributed by atoms with Crippen molar-refractivity contribution in [1.29, 1.82) is 0 Å². The van der Waals surface area contributed by atoms with Crippen LogP contribution in [0, 0.1) is 5.92 Å².